The Morgan fingerprint density at radius 2 is 2.05 bits per heavy atom. The van der Waals surface area contributed by atoms with Gasteiger partial charge < -0.3 is 16.2 Å². The van der Waals surface area contributed by atoms with Gasteiger partial charge in [0.2, 0.25) is 0 Å². The lowest BCUT2D eigenvalue weighted by molar-refractivity contribution is 0.0698. The first kappa shape index (κ1) is 14.8. The summed E-state index contributed by atoms with van der Waals surface area (Å²) in [4.78, 5) is 11.0. The minimum Gasteiger partial charge on any atom is -0.478 e. The molecule has 0 amide bonds. The summed E-state index contributed by atoms with van der Waals surface area (Å²) >= 11 is 3.25. The van der Waals surface area contributed by atoms with E-state index in [0.29, 0.717) is 15.7 Å². The van der Waals surface area contributed by atoms with Crippen molar-refractivity contribution in [2.75, 3.05) is 11.1 Å². The average molecular weight is 350 g/mol. The van der Waals surface area contributed by atoms with Gasteiger partial charge in [-0.3, -0.25) is 0 Å². The highest BCUT2D eigenvalue weighted by molar-refractivity contribution is 9.10. The molecule has 2 rings (SSSR count). The van der Waals surface area contributed by atoms with Crippen molar-refractivity contribution in [1.29, 1.82) is 5.26 Å². The van der Waals surface area contributed by atoms with Crippen LogP contribution in [0.1, 0.15) is 15.9 Å². The van der Waals surface area contributed by atoms with Gasteiger partial charge in [0.05, 0.1) is 28.6 Å². The van der Waals surface area contributed by atoms with Crippen molar-refractivity contribution in [3.63, 3.8) is 0 Å². The highest BCUT2D eigenvalue weighted by atomic mass is 79.9. The number of carboxylic acids is 1. The van der Waals surface area contributed by atoms with Crippen molar-refractivity contribution < 1.29 is 14.3 Å². The van der Waals surface area contributed by atoms with Gasteiger partial charge >= 0.3 is 5.97 Å². The number of carbonyl (C=O) groups is 1. The number of nitrogen functional groups attached to an aromatic ring is 1. The van der Waals surface area contributed by atoms with Crippen molar-refractivity contribution in [3.05, 3.63) is 51.7 Å². The van der Waals surface area contributed by atoms with Gasteiger partial charge in [-0.15, -0.1) is 0 Å². The lowest BCUT2D eigenvalue weighted by Gasteiger charge is -2.12. The van der Waals surface area contributed by atoms with Crippen LogP contribution in [-0.4, -0.2) is 11.1 Å². The summed E-state index contributed by atoms with van der Waals surface area (Å²) in [5, 5.41) is 20.5. The molecule has 0 saturated heterocycles. The fourth-order valence-corrected chi connectivity index (χ4v) is 2.18. The molecule has 0 aliphatic heterocycles. The molecule has 2 aromatic carbocycles. The molecule has 0 fully saturated rings. The molecule has 5 nitrogen and oxygen atoms in total. The highest BCUT2D eigenvalue weighted by Crippen LogP contribution is 2.30. The van der Waals surface area contributed by atoms with Crippen molar-refractivity contribution in [2.45, 2.75) is 0 Å². The molecule has 0 aliphatic carbocycles. The molecule has 4 N–H and O–H groups in total. The van der Waals surface area contributed by atoms with Crippen LogP contribution in [0.3, 0.4) is 0 Å². The van der Waals surface area contributed by atoms with E-state index in [1.165, 1.54) is 0 Å². The molecule has 0 bridgehead atoms. The number of nitrogens with two attached hydrogens (primary N) is 1. The monoisotopic (exact) mass is 349 g/mol. The van der Waals surface area contributed by atoms with Crippen LogP contribution >= 0.6 is 15.9 Å². The summed E-state index contributed by atoms with van der Waals surface area (Å²) in [7, 11) is 0. The second kappa shape index (κ2) is 5.81. The number of hydrogen-bond acceptors (Lipinski definition) is 4. The van der Waals surface area contributed by atoms with E-state index in [1.807, 2.05) is 6.07 Å². The Kier molecular flexibility index (Phi) is 4.10. The molecule has 0 aliphatic rings. The maximum Gasteiger partial charge on any atom is 0.337 e. The fraction of sp³-hybridized carbons (Fsp3) is 0. The van der Waals surface area contributed by atoms with Gasteiger partial charge in [0, 0.05) is 10.2 Å². The number of nitriles is 1. The largest absolute Gasteiger partial charge is 0.478 e. The normalized spacial score (nSPS) is 9.95. The van der Waals surface area contributed by atoms with Crippen molar-refractivity contribution in [3.8, 4) is 6.07 Å². The van der Waals surface area contributed by atoms with Gasteiger partial charge in [-0.05, 0) is 46.3 Å². The van der Waals surface area contributed by atoms with Gasteiger partial charge in [0.15, 0.2) is 0 Å². The number of nitrogens with zero attached hydrogens (tertiary/aromatic N) is 1. The minimum atomic E-state index is -1.24. The zero-order chi connectivity index (χ0) is 15.6. The van der Waals surface area contributed by atoms with E-state index in [0.717, 1.165) is 12.1 Å². The predicted molar refractivity (Wildman–Crippen MR) is 79.9 cm³/mol. The summed E-state index contributed by atoms with van der Waals surface area (Å²) in [6, 6.07) is 8.75. The molecule has 106 valence electrons. The maximum absolute atomic E-state index is 13.9. The number of nitrogens with one attached hydrogen (secondary N) is 1. The first-order chi connectivity index (χ1) is 9.92. The first-order valence-electron chi connectivity index (χ1n) is 5.71. The molecule has 0 saturated carbocycles. The van der Waals surface area contributed by atoms with Crippen LogP contribution in [0.15, 0.2) is 34.8 Å². The van der Waals surface area contributed by atoms with Crippen LogP contribution in [-0.2, 0) is 0 Å². The minimum absolute atomic E-state index is 0.0213. The Bertz CT molecular complexity index is 772. The molecule has 0 heterocycles. The van der Waals surface area contributed by atoms with Crippen LogP contribution < -0.4 is 11.1 Å². The number of aromatic carboxylic acids is 1. The Labute approximate surface area is 127 Å². The summed E-state index contributed by atoms with van der Waals surface area (Å²) in [6.45, 7) is 0. The highest BCUT2D eigenvalue weighted by Gasteiger charge is 2.14. The zero-order valence-electron chi connectivity index (χ0n) is 10.5. The Morgan fingerprint density at radius 3 is 2.62 bits per heavy atom. The fourth-order valence-electron chi connectivity index (χ4n) is 1.70. The SMILES string of the molecule is N#Cc1ccc(Nc2cc(C(=O)O)c(N)cc2F)c(Br)c1. The van der Waals surface area contributed by atoms with Gasteiger partial charge in [0.1, 0.15) is 5.82 Å². The summed E-state index contributed by atoms with van der Waals surface area (Å²) in [6.07, 6.45) is 0. The van der Waals surface area contributed by atoms with Crippen LogP contribution in [0.2, 0.25) is 0 Å². The summed E-state index contributed by atoms with van der Waals surface area (Å²) < 4.78 is 14.4. The first-order valence-corrected chi connectivity index (χ1v) is 6.50. The maximum atomic E-state index is 13.9. The van der Waals surface area contributed by atoms with Crippen LogP contribution in [0.4, 0.5) is 21.5 Å². The predicted octanol–water partition coefficient (Wildman–Crippen LogP) is 3.48. The number of rotatable bonds is 3. The van der Waals surface area contributed by atoms with E-state index in [-0.39, 0.29) is 16.9 Å². The standard InChI is InChI=1S/C14H9BrFN3O2/c15-9-3-7(6-17)1-2-12(9)19-13-4-8(14(20)21)11(18)5-10(13)16/h1-5,19H,18H2,(H,20,21). The molecule has 0 spiro atoms. The third kappa shape index (κ3) is 3.12. The second-order valence-corrected chi connectivity index (χ2v) is 5.01. The lowest BCUT2D eigenvalue weighted by atomic mass is 10.1. The number of halogens is 2. The lowest BCUT2D eigenvalue weighted by Crippen LogP contribution is -2.05. The molecule has 0 aromatic heterocycles. The van der Waals surface area contributed by atoms with Gasteiger partial charge in [0.25, 0.3) is 0 Å². The van der Waals surface area contributed by atoms with E-state index in [2.05, 4.69) is 21.2 Å². The average Bonchev–Trinajstić information content (AvgIpc) is 2.43. The topological polar surface area (TPSA) is 99.1 Å². The van der Waals surface area contributed by atoms with Crippen LogP contribution in [0.5, 0.6) is 0 Å². The molecule has 0 atom stereocenters. The van der Waals surface area contributed by atoms with Gasteiger partial charge in [-0.1, -0.05) is 0 Å². The van der Waals surface area contributed by atoms with Crippen molar-refractivity contribution >= 4 is 39.0 Å². The number of hydrogen-bond donors (Lipinski definition) is 3. The Morgan fingerprint density at radius 1 is 1.33 bits per heavy atom. The second-order valence-electron chi connectivity index (χ2n) is 4.16. The molecule has 0 unspecified atom stereocenters. The van der Waals surface area contributed by atoms with E-state index in [4.69, 9.17) is 16.1 Å². The molecule has 21 heavy (non-hydrogen) atoms. The Balaban J connectivity index is 2.42. The van der Waals surface area contributed by atoms with E-state index < -0.39 is 11.8 Å². The van der Waals surface area contributed by atoms with Gasteiger partial charge in [-0.25, -0.2) is 9.18 Å². The van der Waals surface area contributed by atoms with Crippen molar-refractivity contribution in [1.82, 2.24) is 0 Å². The number of carboxylic acid groups (broad SMARTS) is 1. The van der Waals surface area contributed by atoms with Crippen LogP contribution in [0.25, 0.3) is 0 Å². The molecule has 2 aromatic rings. The molecular weight excluding hydrogens is 341 g/mol. The molecule has 0 radical (unpaired) electrons. The van der Waals surface area contributed by atoms with E-state index in [9.17, 15) is 9.18 Å². The Hall–Kier alpha value is -2.59. The van der Waals surface area contributed by atoms with Gasteiger partial charge in [-0.2, -0.15) is 5.26 Å². The van der Waals surface area contributed by atoms with E-state index >= 15 is 0 Å². The smallest absolute Gasteiger partial charge is 0.337 e. The summed E-state index contributed by atoms with van der Waals surface area (Å²) in [5.41, 5.74) is 6.03. The zero-order valence-corrected chi connectivity index (χ0v) is 12.1. The van der Waals surface area contributed by atoms with Crippen molar-refractivity contribution in [2.24, 2.45) is 0 Å². The number of benzene rings is 2. The molecule has 7 heteroatoms. The molecular formula is C14H9BrFN3O2. The van der Waals surface area contributed by atoms with Crippen LogP contribution in [0, 0.1) is 17.1 Å². The third-order valence-corrected chi connectivity index (χ3v) is 3.39. The number of anilines is 3. The third-order valence-electron chi connectivity index (χ3n) is 2.74. The van der Waals surface area contributed by atoms with E-state index in [1.54, 1.807) is 18.2 Å². The summed E-state index contributed by atoms with van der Waals surface area (Å²) in [5.74, 6) is -1.91. The quantitative estimate of drug-likeness (QED) is 0.736.